The average Bonchev–Trinajstić information content (AvgIpc) is 2.92. The Kier molecular flexibility index (Phi) is 5.01. The summed E-state index contributed by atoms with van der Waals surface area (Å²) >= 11 is 1.74. The second kappa shape index (κ2) is 6.76. The maximum absolute atomic E-state index is 12.5. The highest BCUT2D eigenvalue weighted by molar-refractivity contribution is 7.98. The maximum Gasteiger partial charge on any atom is 0.253 e. The van der Waals surface area contributed by atoms with Crippen LogP contribution in [-0.4, -0.2) is 51.1 Å². The molecule has 0 saturated heterocycles. The van der Waals surface area contributed by atoms with Gasteiger partial charge in [-0.1, -0.05) is 12.1 Å². The van der Waals surface area contributed by atoms with Gasteiger partial charge in [0.1, 0.15) is 5.82 Å². The Morgan fingerprint density at radius 2 is 2.24 bits per heavy atom. The van der Waals surface area contributed by atoms with E-state index in [2.05, 4.69) is 22.1 Å². The summed E-state index contributed by atoms with van der Waals surface area (Å²) in [6.07, 6.45) is 2.04. The molecule has 0 radical (unpaired) electrons. The van der Waals surface area contributed by atoms with Crippen LogP contribution in [0.2, 0.25) is 0 Å². The number of nitrogens with zero attached hydrogens (tertiary/aromatic N) is 3. The molecule has 1 N–H and O–H groups in total. The quantitative estimate of drug-likeness (QED) is 0.922. The Hall–Kier alpha value is -1.82. The standard InChI is InChI=1S/C15H20N4OS/c1-10(9-21-4)19(3)15(20)13-7-5-6-12(8-13)14-16-11(2)17-18-14/h5-8,10H,9H2,1-4H3,(H,16,17,18)/t10-/m1/s1. The Morgan fingerprint density at radius 1 is 1.48 bits per heavy atom. The molecule has 1 aromatic carbocycles. The summed E-state index contributed by atoms with van der Waals surface area (Å²) < 4.78 is 0. The molecule has 0 spiro atoms. The van der Waals surface area contributed by atoms with Gasteiger partial charge in [0.25, 0.3) is 5.91 Å². The van der Waals surface area contributed by atoms with E-state index in [4.69, 9.17) is 0 Å². The zero-order valence-corrected chi connectivity index (χ0v) is 13.6. The topological polar surface area (TPSA) is 61.9 Å². The molecule has 2 aromatic rings. The third kappa shape index (κ3) is 3.64. The van der Waals surface area contributed by atoms with Crippen molar-refractivity contribution in [1.82, 2.24) is 20.1 Å². The van der Waals surface area contributed by atoms with Crippen LogP contribution < -0.4 is 0 Å². The van der Waals surface area contributed by atoms with Crippen LogP contribution in [0.25, 0.3) is 11.4 Å². The first-order valence-electron chi connectivity index (χ1n) is 6.78. The minimum Gasteiger partial charge on any atom is -0.338 e. The molecule has 0 unspecified atom stereocenters. The molecule has 0 bridgehead atoms. The summed E-state index contributed by atoms with van der Waals surface area (Å²) in [5.41, 5.74) is 1.50. The van der Waals surface area contributed by atoms with Gasteiger partial charge in [0.2, 0.25) is 0 Å². The third-order valence-corrected chi connectivity index (χ3v) is 4.17. The number of H-pyrrole nitrogens is 1. The monoisotopic (exact) mass is 304 g/mol. The molecule has 1 amide bonds. The Balaban J connectivity index is 2.23. The molecule has 0 aliphatic carbocycles. The van der Waals surface area contributed by atoms with Gasteiger partial charge in [0.05, 0.1) is 0 Å². The molecule has 5 nitrogen and oxygen atoms in total. The van der Waals surface area contributed by atoms with E-state index in [0.29, 0.717) is 11.4 Å². The van der Waals surface area contributed by atoms with Crippen molar-refractivity contribution >= 4 is 17.7 Å². The fourth-order valence-corrected chi connectivity index (χ4v) is 2.73. The summed E-state index contributed by atoms with van der Waals surface area (Å²) in [5, 5.41) is 6.95. The minimum atomic E-state index is 0.0191. The van der Waals surface area contributed by atoms with Gasteiger partial charge < -0.3 is 4.90 Å². The van der Waals surface area contributed by atoms with Crippen molar-refractivity contribution in [1.29, 1.82) is 0 Å². The van der Waals surface area contributed by atoms with Gasteiger partial charge in [0, 0.05) is 30.0 Å². The lowest BCUT2D eigenvalue weighted by Crippen LogP contribution is -2.36. The number of thioether (sulfide) groups is 1. The van der Waals surface area contributed by atoms with Gasteiger partial charge in [-0.05, 0) is 32.2 Å². The summed E-state index contributed by atoms with van der Waals surface area (Å²) in [6, 6.07) is 7.63. The number of carbonyl (C=O) groups is 1. The highest BCUT2D eigenvalue weighted by atomic mass is 32.2. The van der Waals surface area contributed by atoms with Gasteiger partial charge in [-0.25, -0.2) is 4.98 Å². The van der Waals surface area contributed by atoms with Crippen molar-refractivity contribution in [3.05, 3.63) is 35.7 Å². The van der Waals surface area contributed by atoms with E-state index in [1.807, 2.05) is 44.5 Å². The van der Waals surface area contributed by atoms with E-state index in [1.54, 1.807) is 16.7 Å². The predicted octanol–water partition coefficient (Wildman–Crippen LogP) is 2.60. The van der Waals surface area contributed by atoms with Gasteiger partial charge in [-0.2, -0.15) is 16.9 Å². The molecule has 2 rings (SSSR count). The van der Waals surface area contributed by atoms with Crippen molar-refractivity contribution in [2.75, 3.05) is 19.1 Å². The summed E-state index contributed by atoms with van der Waals surface area (Å²) in [5.74, 6) is 2.31. The predicted molar refractivity (Wildman–Crippen MR) is 86.5 cm³/mol. The Morgan fingerprint density at radius 3 is 2.86 bits per heavy atom. The van der Waals surface area contributed by atoms with E-state index >= 15 is 0 Å². The number of aromatic amines is 1. The Labute approximate surface area is 129 Å². The van der Waals surface area contributed by atoms with Gasteiger partial charge >= 0.3 is 0 Å². The zero-order chi connectivity index (χ0) is 15.4. The number of aryl methyl sites for hydroxylation is 1. The van der Waals surface area contributed by atoms with Crippen LogP contribution in [0.4, 0.5) is 0 Å². The molecular formula is C15H20N4OS. The first kappa shape index (κ1) is 15.6. The van der Waals surface area contributed by atoms with Gasteiger partial charge in [0.15, 0.2) is 5.82 Å². The van der Waals surface area contributed by atoms with Crippen LogP contribution in [0.15, 0.2) is 24.3 Å². The van der Waals surface area contributed by atoms with Crippen molar-refractivity contribution in [3.63, 3.8) is 0 Å². The second-order valence-electron chi connectivity index (χ2n) is 5.05. The summed E-state index contributed by atoms with van der Waals surface area (Å²) in [4.78, 5) is 18.6. The average molecular weight is 304 g/mol. The first-order valence-corrected chi connectivity index (χ1v) is 8.18. The smallest absolute Gasteiger partial charge is 0.253 e. The van der Waals surface area contributed by atoms with Crippen LogP contribution in [0, 0.1) is 6.92 Å². The minimum absolute atomic E-state index is 0.0191. The largest absolute Gasteiger partial charge is 0.338 e. The second-order valence-corrected chi connectivity index (χ2v) is 5.96. The molecule has 21 heavy (non-hydrogen) atoms. The molecule has 1 aromatic heterocycles. The Bertz CT molecular complexity index is 626. The summed E-state index contributed by atoms with van der Waals surface area (Å²) in [6.45, 7) is 3.90. The number of hydrogen-bond acceptors (Lipinski definition) is 4. The number of amides is 1. The number of rotatable bonds is 5. The lowest BCUT2D eigenvalue weighted by atomic mass is 10.1. The zero-order valence-electron chi connectivity index (χ0n) is 12.8. The molecule has 0 saturated carbocycles. The fourth-order valence-electron chi connectivity index (χ4n) is 2.02. The molecule has 0 aliphatic heterocycles. The van der Waals surface area contributed by atoms with Crippen molar-refractivity contribution < 1.29 is 4.79 Å². The first-order chi connectivity index (χ1) is 10.0. The van der Waals surface area contributed by atoms with E-state index in [-0.39, 0.29) is 11.9 Å². The van der Waals surface area contributed by atoms with Crippen LogP contribution in [0.5, 0.6) is 0 Å². The van der Waals surface area contributed by atoms with Gasteiger partial charge in [-0.3, -0.25) is 9.89 Å². The highest BCUT2D eigenvalue weighted by Gasteiger charge is 2.18. The van der Waals surface area contributed by atoms with Crippen LogP contribution in [0.1, 0.15) is 23.1 Å². The van der Waals surface area contributed by atoms with Crippen molar-refractivity contribution in [3.8, 4) is 11.4 Å². The number of carbonyl (C=O) groups excluding carboxylic acids is 1. The molecule has 112 valence electrons. The molecular weight excluding hydrogens is 284 g/mol. The highest BCUT2D eigenvalue weighted by Crippen LogP contribution is 2.18. The molecule has 6 heteroatoms. The molecule has 0 fully saturated rings. The van der Waals surface area contributed by atoms with Gasteiger partial charge in [-0.15, -0.1) is 0 Å². The lowest BCUT2D eigenvalue weighted by molar-refractivity contribution is 0.0757. The maximum atomic E-state index is 12.5. The lowest BCUT2D eigenvalue weighted by Gasteiger charge is -2.24. The third-order valence-electron chi connectivity index (χ3n) is 3.35. The van der Waals surface area contributed by atoms with Crippen LogP contribution in [0.3, 0.4) is 0 Å². The molecule has 1 heterocycles. The number of aromatic nitrogens is 3. The molecule has 1 atom stereocenters. The summed E-state index contributed by atoms with van der Waals surface area (Å²) in [7, 11) is 1.84. The van der Waals surface area contributed by atoms with E-state index in [1.165, 1.54) is 0 Å². The number of nitrogens with one attached hydrogen (secondary N) is 1. The molecule has 0 aliphatic rings. The van der Waals surface area contributed by atoms with Crippen molar-refractivity contribution in [2.45, 2.75) is 19.9 Å². The number of hydrogen-bond donors (Lipinski definition) is 1. The normalized spacial score (nSPS) is 12.2. The van der Waals surface area contributed by atoms with Crippen molar-refractivity contribution in [2.24, 2.45) is 0 Å². The van der Waals surface area contributed by atoms with Crippen LogP contribution >= 0.6 is 11.8 Å². The van der Waals surface area contributed by atoms with E-state index in [9.17, 15) is 4.79 Å². The van der Waals surface area contributed by atoms with Crippen LogP contribution in [-0.2, 0) is 0 Å². The number of benzene rings is 1. The van der Waals surface area contributed by atoms with E-state index in [0.717, 1.165) is 17.1 Å². The fraction of sp³-hybridized carbons (Fsp3) is 0.400. The van der Waals surface area contributed by atoms with E-state index < -0.39 is 0 Å². The SMILES string of the molecule is CSC[C@@H](C)N(C)C(=O)c1cccc(-c2n[nH]c(C)n2)c1.